The van der Waals surface area contributed by atoms with E-state index in [2.05, 4.69) is 19.2 Å². The number of hydrogen-bond acceptors (Lipinski definition) is 3. The fourth-order valence-corrected chi connectivity index (χ4v) is 2.21. The first kappa shape index (κ1) is 24.4. The third-order valence-electron chi connectivity index (χ3n) is 4.34. The van der Waals surface area contributed by atoms with Crippen molar-refractivity contribution in [1.82, 2.24) is 10.2 Å². The molecule has 0 aliphatic carbocycles. The summed E-state index contributed by atoms with van der Waals surface area (Å²) in [6.45, 7) is 10.9. The molecular formula is C20H34ClN3O2. The van der Waals surface area contributed by atoms with Crippen LogP contribution < -0.4 is 11.1 Å². The highest BCUT2D eigenvalue weighted by Gasteiger charge is 2.20. The molecule has 6 heteroatoms. The average molecular weight is 384 g/mol. The lowest BCUT2D eigenvalue weighted by molar-refractivity contribution is -0.128. The van der Waals surface area contributed by atoms with Crippen LogP contribution in [0.15, 0.2) is 24.3 Å². The van der Waals surface area contributed by atoms with Gasteiger partial charge in [0.15, 0.2) is 0 Å². The maximum absolute atomic E-state index is 12.5. The Labute approximate surface area is 164 Å². The third kappa shape index (κ3) is 7.75. The van der Waals surface area contributed by atoms with Gasteiger partial charge in [-0.15, -0.1) is 12.4 Å². The predicted octanol–water partition coefficient (Wildman–Crippen LogP) is 3.22. The number of hydrogen-bond donors (Lipinski definition) is 2. The molecule has 1 aromatic rings. The first-order valence-electron chi connectivity index (χ1n) is 8.90. The third-order valence-corrected chi connectivity index (χ3v) is 4.34. The van der Waals surface area contributed by atoms with Crippen molar-refractivity contribution < 1.29 is 9.59 Å². The minimum Gasteiger partial charge on any atom is -0.352 e. The van der Waals surface area contributed by atoms with Crippen molar-refractivity contribution in [3.05, 3.63) is 35.4 Å². The first-order valence-corrected chi connectivity index (χ1v) is 8.90. The van der Waals surface area contributed by atoms with Crippen molar-refractivity contribution in [1.29, 1.82) is 0 Å². The van der Waals surface area contributed by atoms with E-state index in [9.17, 15) is 9.59 Å². The monoisotopic (exact) mass is 383 g/mol. The van der Waals surface area contributed by atoms with Crippen molar-refractivity contribution in [2.75, 3.05) is 13.6 Å². The number of nitrogens with zero attached hydrogens (tertiary/aromatic N) is 1. The molecule has 2 amide bonds. The predicted molar refractivity (Wildman–Crippen MR) is 109 cm³/mol. The second-order valence-corrected chi connectivity index (χ2v) is 8.05. The van der Waals surface area contributed by atoms with E-state index >= 15 is 0 Å². The van der Waals surface area contributed by atoms with E-state index in [1.165, 1.54) is 0 Å². The lowest BCUT2D eigenvalue weighted by Gasteiger charge is -2.21. The molecule has 5 nitrogen and oxygen atoms in total. The van der Waals surface area contributed by atoms with Crippen LogP contribution in [-0.4, -0.2) is 36.3 Å². The lowest BCUT2D eigenvalue weighted by Crippen LogP contribution is -2.35. The number of rotatable bonds is 7. The van der Waals surface area contributed by atoms with Crippen LogP contribution >= 0.6 is 12.4 Å². The number of benzene rings is 1. The zero-order valence-electron chi connectivity index (χ0n) is 16.8. The Kier molecular flexibility index (Phi) is 9.89. The SMILES string of the molecule is CC(C)C(N)CCN(C)C(=O)c1ccc(CNC(=O)C(C)(C)C)cc1.Cl. The topological polar surface area (TPSA) is 75.4 Å². The van der Waals surface area contributed by atoms with Crippen LogP contribution in [0.3, 0.4) is 0 Å². The summed E-state index contributed by atoms with van der Waals surface area (Å²) in [6.07, 6.45) is 0.789. The van der Waals surface area contributed by atoms with Crippen LogP contribution in [0.25, 0.3) is 0 Å². The van der Waals surface area contributed by atoms with Gasteiger partial charge in [0.25, 0.3) is 5.91 Å². The Bertz CT molecular complexity index is 580. The molecule has 0 spiro atoms. The summed E-state index contributed by atoms with van der Waals surface area (Å²) in [5.41, 5.74) is 7.25. The minimum atomic E-state index is -0.407. The molecule has 0 heterocycles. The summed E-state index contributed by atoms with van der Waals surface area (Å²) < 4.78 is 0. The van der Waals surface area contributed by atoms with Gasteiger partial charge in [-0.05, 0) is 30.0 Å². The van der Waals surface area contributed by atoms with Crippen molar-refractivity contribution >= 4 is 24.2 Å². The van der Waals surface area contributed by atoms with Crippen molar-refractivity contribution in [3.63, 3.8) is 0 Å². The molecule has 0 aliphatic rings. The van der Waals surface area contributed by atoms with E-state index < -0.39 is 5.41 Å². The highest BCUT2D eigenvalue weighted by Crippen LogP contribution is 2.13. The van der Waals surface area contributed by atoms with Crippen LogP contribution in [-0.2, 0) is 11.3 Å². The number of nitrogens with one attached hydrogen (secondary N) is 1. The van der Waals surface area contributed by atoms with E-state index in [-0.39, 0.29) is 30.3 Å². The van der Waals surface area contributed by atoms with Crippen LogP contribution in [0.2, 0.25) is 0 Å². The zero-order valence-corrected chi connectivity index (χ0v) is 17.7. The zero-order chi connectivity index (χ0) is 19.2. The molecule has 26 heavy (non-hydrogen) atoms. The smallest absolute Gasteiger partial charge is 0.253 e. The number of carbonyl (C=O) groups is 2. The molecular weight excluding hydrogens is 350 g/mol. The van der Waals surface area contributed by atoms with Gasteiger partial charge in [-0.3, -0.25) is 9.59 Å². The Morgan fingerprint density at radius 1 is 1.15 bits per heavy atom. The number of halogens is 1. The highest BCUT2D eigenvalue weighted by atomic mass is 35.5. The molecule has 1 unspecified atom stereocenters. The number of nitrogens with two attached hydrogens (primary N) is 1. The second kappa shape index (κ2) is 10.5. The summed E-state index contributed by atoms with van der Waals surface area (Å²) >= 11 is 0. The largest absolute Gasteiger partial charge is 0.352 e. The quantitative estimate of drug-likeness (QED) is 0.759. The van der Waals surface area contributed by atoms with E-state index in [1.54, 1.807) is 24.1 Å². The van der Waals surface area contributed by atoms with Crippen molar-refractivity contribution in [3.8, 4) is 0 Å². The molecule has 0 bridgehead atoms. The van der Waals surface area contributed by atoms with E-state index in [1.807, 2.05) is 32.9 Å². The first-order chi connectivity index (χ1) is 11.5. The Balaban J connectivity index is 0.00000625. The van der Waals surface area contributed by atoms with Crippen LogP contribution in [0.4, 0.5) is 0 Å². The maximum Gasteiger partial charge on any atom is 0.253 e. The lowest BCUT2D eigenvalue weighted by atomic mass is 9.95. The van der Waals surface area contributed by atoms with Crippen LogP contribution in [0.1, 0.15) is 57.0 Å². The number of amides is 2. The van der Waals surface area contributed by atoms with Gasteiger partial charge in [-0.1, -0.05) is 46.8 Å². The molecule has 0 saturated carbocycles. The van der Waals surface area contributed by atoms with Gasteiger partial charge in [0.05, 0.1) is 0 Å². The van der Waals surface area contributed by atoms with Gasteiger partial charge in [0.2, 0.25) is 5.91 Å². The highest BCUT2D eigenvalue weighted by molar-refractivity contribution is 5.94. The van der Waals surface area contributed by atoms with Gasteiger partial charge in [0.1, 0.15) is 0 Å². The molecule has 1 aromatic carbocycles. The standard InChI is InChI=1S/C20H33N3O2.ClH/c1-14(2)17(21)11-12-23(6)18(24)16-9-7-15(8-10-16)13-22-19(25)20(3,4)5;/h7-10,14,17H,11-13,21H2,1-6H3,(H,22,25);1H. The minimum absolute atomic E-state index is 0. The van der Waals surface area contributed by atoms with Crippen LogP contribution in [0.5, 0.6) is 0 Å². The van der Waals surface area contributed by atoms with Gasteiger partial charge in [-0.2, -0.15) is 0 Å². The molecule has 0 fully saturated rings. The number of carbonyl (C=O) groups excluding carboxylic acids is 2. The Morgan fingerprint density at radius 2 is 1.69 bits per heavy atom. The summed E-state index contributed by atoms with van der Waals surface area (Å²) in [7, 11) is 1.80. The average Bonchev–Trinajstić information content (AvgIpc) is 2.55. The molecule has 3 N–H and O–H groups in total. The van der Waals surface area contributed by atoms with Crippen molar-refractivity contribution in [2.45, 2.75) is 53.6 Å². The Hall–Kier alpha value is -1.59. The molecule has 1 atom stereocenters. The van der Waals surface area contributed by atoms with Gasteiger partial charge in [0, 0.05) is 37.2 Å². The molecule has 0 saturated heterocycles. The van der Waals surface area contributed by atoms with E-state index in [0.29, 0.717) is 24.6 Å². The van der Waals surface area contributed by atoms with Crippen LogP contribution in [0, 0.1) is 11.3 Å². The fourth-order valence-electron chi connectivity index (χ4n) is 2.21. The van der Waals surface area contributed by atoms with Gasteiger partial charge in [-0.25, -0.2) is 0 Å². The second-order valence-electron chi connectivity index (χ2n) is 8.05. The maximum atomic E-state index is 12.5. The molecule has 148 valence electrons. The summed E-state index contributed by atoms with van der Waals surface area (Å²) in [4.78, 5) is 26.1. The molecule has 1 rings (SSSR count). The Morgan fingerprint density at radius 3 is 2.15 bits per heavy atom. The van der Waals surface area contributed by atoms with E-state index in [0.717, 1.165) is 12.0 Å². The fraction of sp³-hybridized carbons (Fsp3) is 0.600. The normalized spacial score (nSPS) is 12.3. The molecule has 0 aromatic heterocycles. The van der Waals surface area contributed by atoms with Crippen molar-refractivity contribution in [2.24, 2.45) is 17.1 Å². The molecule has 0 aliphatic heterocycles. The summed E-state index contributed by atoms with van der Waals surface area (Å²) in [6, 6.07) is 7.47. The summed E-state index contributed by atoms with van der Waals surface area (Å²) in [5, 5.41) is 2.91. The molecule has 0 radical (unpaired) electrons. The van der Waals surface area contributed by atoms with Gasteiger partial charge >= 0.3 is 0 Å². The van der Waals surface area contributed by atoms with Gasteiger partial charge < -0.3 is 16.0 Å². The summed E-state index contributed by atoms with van der Waals surface area (Å²) in [5.74, 6) is 0.404. The van der Waals surface area contributed by atoms with E-state index in [4.69, 9.17) is 5.73 Å².